The molecular formula is C17H14F4N6O. The van der Waals surface area contributed by atoms with Crippen LogP contribution in [0.4, 0.5) is 17.6 Å². The van der Waals surface area contributed by atoms with Crippen molar-refractivity contribution >= 4 is 5.65 Å². The van der Waals surface area contributed by atoms with Gasteiger partial charge in [-0.2, -0.15) is 18.3 Å². The normalized spacial score (nSPS) is 11.4. The number of hydrogen-bond acceptors (Lipinski definition) is 5. The van der Waals surface area contributed by atoms with E-state index in [0.29, 0.717) is 16.9 Å². The molecule has 0 aliphatic heterocycles. The Morgan fingerprint density at radius 1 is 1.14 bits per heavy atom. The van der Waals surface area contributed by atoms with Gasteiger partial charge >= 0.3 is 6.18 Å². The van der Waals surface area contributed by atoms with Crippen LogP contribution in [0.5, 0.6) is 0 Å². The van der Waals surface area contributed by atoms with Gasteiger partial charge in [0, 0.05) is 32.1 Å². The Hall–Kier alpha value is -3.34. The zero-order valence-corrected chi connectivity index (χ0v) is 14.4. The molecule has 0 amide bonds. The highest BCUT2D eigenvalue weighted by Crippen LogP contribution is 2.27. The van der Waals surface area contributed by atoms with Crippen molar-refractivity contribution < 1.29 is 22.7 Å². The van der Waals surface area contributed by atoms with E-state index in [0.717, 1.165) is 7.11 Å². The molecule has 0 radical (unpaired) electrons. The van der Waals surface area contributed by atoms with Crippen LogP contribution < -0.4 is 0 Å². The van der Waals surface area contributed by atoms with Crippen LogP contribution in [0.3, 0.4) is 0 Å². The van der Waals surface area contributed by atoms with Gasteiger partial charge in [0.25, 0.3) is 0 Å². The average molecular weight is 394 g/mol. The third-order valence-electron chi connectivity index (χ3n) is 3.74. The first-order chi connectivity index (χ1) is 13.4. The van der Waals surface area contributed by atoms with Crippen molar-refractivity contribution in [3.63, 3.8) is 0 Å². The third kappa shape index (κ3) is 3.83. The molecular weight excluding hydrogens is 380 g/mol. The van der Waals surface area contributed by atoms with E-state index in [2.05, 4.69) is 20.1 Å². The second-order valence-electron chi connectivity index (χ2n) is 5.50. The molecule has 0 unspecified atom stereocenters. The lowest BCUT2D eigenvalue weighted by Gasteiger charge is -2.07. The van der Waals surface area contributed by atoms with Crippen LogP contribution in [-0.2, 0) is 12.6 Å². The van der Waals surface area contributed by atoms with Gasteiger partial charge in [0.2, 0.25) is 11.6 Å². The molecule has 0 aliphatic rings. The molecule has 28 heavy (non-hydrogen) atoms. The molecule has 3 heterocycles. The summed E-state index contributed by atoms with van der Waals surface area (Å²) in [7, 11) is 1.00. The number of fused-ring (bicyclic) bond motifs is 1. The molecule has 0 saturated carbocycles. The average Bonchev–Trinajstić information content (AvgIpc) is 3.34. The number of benzene rings is 1. The number of hydrogen-bond donors (Lipinski definition) is 2. The number of aliphatic hydroxyl groups is 1. The van der Waals surface area contributed by atoms with E-state index < -0.39 is 17.8 Å². The Balaban J connectivity index is 0.00000109. The molecule has 0 fully saturated rings. The van der Waals surface area contributed by atoms with Crippen LogP contribution >= 0.6 is 0 Å². The fourth-order valence-electron chi connectivity index (χ4n) is 2.55. The lowest BCUT2D eigenvalue weighted by molar-refractivity contribution is -0.144. The van der Waals surface area contributed by atoms with Crippen LogP contribution in [0.15, 0.2) is 42.9 Å². The number of rotatable bonds is 3. The molecule has 146 valence electrons. The predicted molar refractivity (Wildman–Crippen MR) is 90.7 cm³/mol. The standard InChI is InChI=1S/C16H10F4N6.CH4O/c17-10-4-2-1-3-9(10)7-11-14-21-5-6-26(14)8-12(22-11)13-23-15(25-24-13)16(18,19)20;1-2/h1-6,8H,7H2,(H,23,24,25);2H,1H3. The SMILES string of the molecule is CO.Fc1ccccc1Cc1nc(-c2n[nH]c(C(F)(F)F)n2)cn2ccnc12. The molecule has 3 aromatic heterocycles. The Morgan fingerprint density at radius 2 is 1.89 bits per heavy atom. The minimum absolute atomic E-state index is 0.119. The largest absolute Gasteiger partial charge is 0.451 e. The second kappa shape index (κ2) is 7.72. The highest BCUT2D eigenvalue weighted by atomic mass is 19.4. The van der Waals surface area contributed by atoms with Gasteiger partial charge in [-0.25, -0.2) is 19.3 Å². The number of imidazole rings is 1. The van der Waals surface area contributed by atoms with Crippen LogP contribution in [0.1, 0.15) is 17.1 Å². The number of alkyl halides is 3. The van der Waals surface area contributed by atoms with Crippen molar-refractivity contribution in [1.82, 2.24) is 29.5 Å². The Labute approximate surface area is 155 Å². The van der Waals surface area contributed by atoms with E-state index in [1.165, 1.54) is 18.5 Å². The lowest BCUT2D eigenvalue weighted by Crippen LogP contribution is -2.07. The molecule has 0 atom stereocenters. The second-order valence-corrected chi connectivity index (χ2v) is 5.50. The monoisotopic (exact) mass is 394 g/mol. The van der Waals surface area contributed by atoms with Gasteiger partial charge in [-0.05, 0) is 11.6 Å². The van der Waals surface area contributed by atoms with Gasteiger partial charge in [-0.15, -0.1) is 0 Å². The zero-order valence-electron chi connectivity index (χ0n) is 14.4. The van der Waals surface area contributed by atoms with E-state index in [9.17, 15) is 17.6 Å². The summed E-state index contributed by atoms with van der Waals surface area (Å²) >= 11 is 0. The molecule has 7 nitrogen and oxygen atoms in total. The minimum atomic E-state index is -4.64. The van der Waals surface area contributed by atoms with Crippen molar-refractivity contribution in [1.29, 1.82) is 0 Å². The maximum absolute atomic E-state index is 13.9. The number of halogens is 4. The smallest absolute Gasteiger partial charge is 0.400 e. The Kier molecular flexibility index (Phi) is 5.36. The Bertz CT molecular complexity index is 1090. The van der Waals surface area contributed by atoms with E-state index in [1.807, 2.05) is 5.10 Å². The maximum atomic E-state index is 13.9. The first-order valence-corrected chi connectivity index (χ1v) is 7.92. The van der Waals surface area contributed by atoms with Crippen LogP contribution in [0.25, 0.3) is 17.2 Å². The topological polar surface area (TPSA) is 92.0 Å². The molecule has 2 N–H and O–H groups in total. The molecule has 1 aromatic carbocycles. The molecule has 0 saturated heterocycles. The van der Waals surface area contributed by atoms with Gasteiger partial charge < -0.3 is 9.51 Å². The molecule has 11 heteroatoms. The number of H-pyrrole nitrogens is 1. The summed E-state index contributed by atoms with van der Waals surface area (Å²) in [4.78, 5) is 11.9. The first-order valence-electron chi connectivity index (χ1n) is 7.92. The summed E-state index contributed by atoms with van der Waals surface area (Å²) in [5.74, 6) is -1.82. The number of nitrogens with zero attached hydrogens (tertiary/aromatic N) is 5. The van der Waals surface area contributed by atoms with Crippen LogP contribution in [0.2, 0.25) is 0 Å². The van der Waals surface area contributed by atoms with E-state index in [1.54, 1.807) is 28.8 Å². The quantitative estimate of drug-likeness (QED) is 0.522. The summed E-state index contributed by atoms with van der Waals surface area (Å²) in [5.41, 5.74) is 1.39. The maximum Gasteiger partial charge on any atom is 0.451 e. The number of nitrogens with one attached hydrogen (secondary N) is 1. The first kappa shape index (κ1) is 19.4. The third-order valence-corrected chi connectivity index (χ3v) is 3.74. The molecule has 0 aliphatic carbocycles. The zero-order chi connectivity index (χ0) is 20.3. The van der Waals surface area contributed by atoms with Gasteiger partial charge in [0.05, 0.1) is 5.69 Å². The van der Waals surface area contributed by atoms with Gasteiger partial charge in [-0.1, -0.05) is 18.2 Å². The molecule has 4 rings (SSSR count). The van der Waals surface area contributed by atoms with Crippen LogP contribution in [0, 0.1) is 5.82 Å². The predicted octanol–water partition coefficient (Wildman–Crippen LogP) is 2.87. The van der Waals surface area contributed by atoms with E-state index >= 15 is 0 Å². The van der Waals surface area contributed by atoms with E-state index in [-0.39, 0.29) is 17.9 Å². The summed E-state index contributed by atoms with van der Waals surface area (Å²) in [6, 6.07) is 6.19. The fraction of sp³-hybridized carbons (Fsp3) is 0.176. The summed E-state index contributed by atoms with van der Waals surface area (Å²) < 4.78 is 53.7. The molecule has 0 bridgehead atoms. The molecule has 4 aromatic rings. The number of aromatic amines is 1. The number of aliphatic hydroxyl groups excluding tert-OH is 1. The summed E-state index contributed by atoms with van der Waals surface area (Å²) in [6.07, 6.45) is 0.0852. The van der Waals surface area contributed by atoms with Crippen molar-refractivity contribution in [3.8, 4) is 11.5 Å². The van der Waals surface area contributed by atoms with Crippen molar-refractivity contribution in [3.05, 3.63) is 65.8 Å². The highest BCUT2D eigenvalue weighted by Gasteiger charge is 2.35. The summed E-state index contributed by atoms with van der Waals surface area (Å²) in [6.45, 7) is 0. The van der Waals surface area contributed by atoms with Crippen molar-refractivity contribution in [2.45, 2.75) is 12.6 Å². The van der Waals surface area contributed by atoms with Crippen molar-refractivity contribution in [2.24, 2.45) is 0 Å². The van der Waals surface area contributed by atoms with E-state index in [4.69, 9.17) is 5.11 Å². The summed E-state index contributed by atoms with van der Waals surface area (Å²) in [5, 5.41) is 12.4. The number of aromatic nitrogens is 6. The fourth-order valence-corrected chi connectivity index (χ4v) is 2.55. The van der Waals surface area contributed by atoms with Gasteiger partial charge in [-0.3, -0.25) is 5.10 Å². The van der Waals surface area contributed by atoms with Crippen LogP contribution in [-0.4, -0.2) is 41.8 Å². The highest BCUT2D eigenvalue weighted by molar-refractivity contribution is 5.55. The molecule has 0 spiro atoms. The van der Waals surface area contributed by atoms with Crippen molar-refractivity contribution in [2.75, 3.05) is 7.11 Å². The van der Waals surface area contributed by atoms with Gasteiger partial charge in [0.15, 0.2) is 5.65 Å². The minimum Gasteiger partial charge on any atom is -0.400 e. The lowest BCUT2D eigenvalue weighted by atomic mass is 10.1. The van der Waals surface area contributed by atoms with Gasteiger partial charge in [0.1, 0.15) is 11.5 Å². The Morgan fingerprint density at radius 3 is 2.57 bits per heavy atom.